The molecule has 3 heterocycles. The third-order valence-corrected chi connectivity index (χ3v) is 7.97. The smallest absolute Gasteiger partial charge is 0.225 e. The lowest BCUT2D eigenvalue weighted by molar-refractivity contribution is -0.134. The number of hydrogen-bond acceptors (Lipinski definition) is 7. The van der Waals surface area contributed by atoms with Crippen LogP contribution in [0, 0.1) is 0 Å². The molecule has 1 amide bonds. The first-order chi connectivity index (χ1) is 14.3. The van der Waals surface area contributed by atoms with Crippen LogP contribution in [0.3, 0.4) is 0 Å². The van der Waals surface area contributed by atoms with Crippen molar-refractivity contribution in [2.24, 2.45) is 0 Å². The van der Waals surface area contributed by atoms with Gasteiger partial charge in [0.1, 0.15) is 12.2 Å². The van der Waals surface area contributed by atoms with E-state index in [0.717, 1.165) is 5.56 Å². The third-order valence-electron chi connectivity index (χ3n) is 6.00. The number of aliphatic hydroxyl groups excluding tert-OH is 1. The Labute approximate surface area is 181 Å². The fourth-order valence-corrected chi connectivity index (χ4v) is 5.69. The molecule has 2 N–H and O–H groups in total. The minimum Gasteiger partial charge on any atom is -0.388 e. The summed E-state index contributed by atoms with van der Waals surface area (Å²) in [5.74, 6) is -0.0808. The maximum Gasteiger partial charge on any atom is 0.225 e. The van der Waals surface area contributed by atoms with Crippen molar-refractivity contribution in [3.8, 4) is 0 Å². The maximum absolute atomic E-state index is 12.5. The number of benzene rings is 1. The number of sulfone groups is 1. The van der Waals surface area contributed by atoms with Gasteiger partial charge in [0.05, 0.1) is 36.2 Å². The SMILES string of the molecule is O=C(C[C@@H]1C[C@H]2O[C@H](CNCc3ccccc3Cl)[C@@H](O)[C@H]2O1)N1CCS(=O)(=O)CC1. The first-order valence-electron chi connectivity index (χ1n) is 10.2. The lowest BCUT2D eigenvalue weighted by Crippen LogP contribution is -2.44. The van der Waals surface area contributed by atoms with Crippen molar-refractivity contribution in [3.63, 3.8) is 0 Å². The molecule has 1 aromatic rings. The monoisotopic (exact) mass is 458 g/mol. The van der Waals surface area contributed by atoms with Crippen molar-refractivity contribution in [2.45, 2.75) is 49.9 Å². The van der Waals surface area contributed by atoms with E-state index in [1.807, 2.05) is 24.3 Å². The van der Waals surface area contributed by atoms with E-state index >= 15 is 0 Å². The van der Waals surface area contributed by atoms with Gasteiger partial charge in [0.2, 0.25) is 5.91 Å². The molecule has 5 atom stereocenters. The summed E-state index contributed by atoms with van der Waals surface area (Å²) < 4.78 is 34.9. The van der Waals surface area contributed by atoms with E-state index in [-0.39, 0.29) is 55.2 Å². The largest absolute Gasteiger partial charge is 0.388 e. The second-order valence-corrected chi connectivity index (χ2v) is 10.8. The van der Waals surface area contributed by atoms with Crippen LogP contribution in [0.4, 0.5) is 0 Å². The third kappa shape index (κ3) is 4.98. The number of nitrogens with one attached hydrogen (secondary N) is 1. The summed E-state index contributed by atoms with van der Waals surface area (Å²) in [6.07, 6.45) is -1.44. The van der Waals surface area contributed by atoms with Crippen molar-refractivity contribution >= 4 is 27.3 Å². The number of carbonyl (C=O) groups is 1. The molecule has 166 valence electrons. The second kappa shape index (κ2) is 9.10. The minimum atomic E-state index is -3.02. The van der Waals surface area contributed by atoms with Gasteiger partial charge in [-0.15, -0.1) is 0 Å². The highest BCUT2D eigenvalue weighted by molar-refractivity contribution is 7.91. The topological polar surface area (TPSA) is 105 Å². The van der Waals surface area contributed by atoms with Crippen molar-refractivity contribution in [3.05, 3.63) is 34.9 Å². The quantitative estimate of drug-likeness (QED) is 0.634. The molecule has 8 nitrogen and oxygen atoms in total. The average Bonchev–Trinajstić information content (AvgIpc) is 3.22. The van der Waals surface area contributed by atoms with Crippen molar-refractivity contribution in [1.82, 2.24) is 10.2 Å². The van der Waals surface area contributed by atoms with Crippen molar-refractivity contribution < 1.29 is 27.8 Å². The van der Waals surface area contributed by atoms with Crippen LogP contribution in [0.5, 0.6) is 0 Å². The lowest BCUT2D eigenvalue weighted by Gasteiger charge is -2.28. The van der Waals surface area contributed by atoms with E-state index in [9.17, 15) is 18.3 Å². The molecule has 0 aromatic heterocycles. The van der Waals surface area contributed by atoms with Gasteiger partial charge in [-0.05, 0) is 11.6 Å². The highest BCUT2D eigenvalue weighted by Crippen LogP contribution is 2.35. The van der Waals surface area contributed by atoms with Crippen LogP contribution >= 0.6 is 11.6 Å². The van der Waals surface area contributed by atoms with Gasteiger partial charge >= 0.3 is 0 Å². The van der Waals surface area contributed by atoms with Crippen LogP contribution in [0.15, 0.2) is 24.3 Å². The molecule has 0 saturated carbocycles. The number of aliphatic hydroxyl groups is 1. The number of hydrogen-bond donors (Lipinski definition) is 2. The van der Waals surface area contributed by atoms with E-state index in [0.29, 0.717) is 24.5 Å². The van der Waals surface area contributed by atoms with Gasteiger partial charge in [0.15, 0.2) is 9.84 Å². The van der Waals surface area contributed by atoms with E-state index in [1.54, 1.807) is 4.90 Å². The van der Waals surface area contributed by atoms with Crippen LogP contribution in [0.25, 0.3) is 0 Å². The molecule has 0 spiro atoms. The Morgan fingerprint density at radius 2 is 1.97 bits per heavy atom. The molecule has 30 heavy (non-hydrogen) atoms. The van der Waals surface area contributed by atoms with Gasteiger partial charge in [0.25, 0.3) is 0 Å². The molecule has 3 saturated heterocycles. The molecule has 3 aliphatic rings. The lowest BCUT2D eigenvalue weighted by atomic mass is 10.1. The van der Waals surface area contributed by atoms with Crippen LogP contribution < -0.4 is 5.32 Å². The molecule has 4 rings (SSSR count). The summed E-state index contributed by atoms with van der Waals surface area (Å²) >= 11 is 6.15. The zero-order chi connectivity index (χ0) is 21.3. The molecule has 3 fully saturated rings. The van der Waals surface area contributed by atoms with Crippen molar-refractivity contribution in [1.29, 1.82) is 0 Å². The number of rotatable bonds is 6. The van der Waals surface area contributed by atoms with Crippen molar-refractivity contribution in [2.75, 3.05) is 31.1 Å². The van der Waals surface area contributed by atoms with Crippen LogP contribution in [-0.4, -0.2) is 86.0 Å². The predicted molar refractivity (Wildman–Crippen MR) is 111 cm³/mol. The van der Waals surface area contributed by atoms with Crippen LogP contribution in [0.1, 0.15) is 18.4 Å². The Morgan fingerprint density at radius 1 is 1.23 bits per heavy atom. The number of fused-ring (bicyclic) bond motifs is 1. The normalized spacial score (nSPS) is 32.9. The Balaban J connectivity index is 1.22. The Kier molecular flexibility index (Phi) is 6.67. The van der Waals surface area contributed by atoms with Gasteiger partial charge < -0.3 is 24.8 Å². The van der Waals surface area contributed by atoms with Gasteiger partial charge in [0, 0.05) is 37.6 Å². The molecule has 0 unspecified atom stereocenters. The fourth-order valence-electron chi connectivity index (χ4n) is 4.29. The molecule has 1 aromatic carbocycles. The molecule has 0 aliphatic carbocycles. The maximum atomic E-state index is 12.5. The molecule has 0 bridgehead atoms. The summed E-state index contributed by atoms with van der Waals surface area (Å²) in [6, 6.07) is 7.58. The second-order valence-electron chi connectivity index (χ2n) is 8.12. The molecular formula is C20H27ClN2O6S. The van der Waals surface area contributed by atoms with E-state index in [1.165, 1.54) is 0 Å². The zero-order valence-corrected chi connectivity index (χ0v) is 18.1. The number of ether oxygens (including phenoxy) is 2. The Hall–Kier alpha value is -1.23. The fraction of sp³-hybridized carbons (Fsp3) is 0.650. The number of carbonyl (C=O) groups excluding carboxylic acids is 1. The molecule has 0 radical (unpaired) electrons. The summed E-state index contributed by atoms with van der Waals surface area (Å²) in [5.41, 5.74) is 0.979. The molecule has 10 heteroatoms. The summed E-state index contributed by atoms with van der Waals surface area (Å²) in [6.45, 7) is 1.51. The van der Waals surface area contributed by atoms with Crippen LogP contribution in [0.2, 0.25) is 5.02 Å². The van der Waals surface area contributed by atoms with E-state index in [2.05, 4.69) is 5.32 Å². The summed E-state index contributed by atoms with van der Waals surface area (Å²) in [5, 5.41) is 14.5. The predicted octanol–water partition coefficient (Wildman–Crippen LogP) is 0.363. The first kappa shape index (κ1) is 22.0. The van der Waals surface area contributed by atoms with Gasteiger partial charge in [-0.1, -0.05) is 29.8 Å². The minimum absolute atomic E-state index is 0.0141. The first-order valence-corrected chi connectivity index (χ1v) is 12.4. The standard InChI is InChI=1S/C20H27ClN2O6S/c21-15-4-2-1-3-13(15)11-22-12-17-19(25)20-16(29-17)9-14(28-20)10-18(24)23-5-7-30(26,27)8-6-23/h1-4,14,16-17,19-20,22,25H,5-12H2/t14-,16+,17+,19+,20-/m0/s1. The zero-order valence-electron chi connectivity index (χ0n) is 16.6. The molecular weight excluding hydrogens is 432 g/mol. The number of amides is 1. The summed E-state index contributed by atoms with van der Waals surface area (Å²) in [4.78, 5) is 14.0. The summed E-state index contributed by atoms with van der Waals surface area (Å²) in [7, 11) is -3.02. The number of nitrogens with zero attached hydrogens (tertiary/aromatic N) is 1. The molecule has 3 aliphatic heterocycles. The average molecular weight is 459 g/mol. The highest BCUT2D eigenvalue weighted by Gasteiger charge is 2.50. The van der Waals surface area contributed by atoms with Gasteiger partial charge in [-0.25, -0.2) is 8.42 Å². The highest BCUT2D eigenvalue weighted by atomic mass is 35.5. The Morgan fingerprint density at radius 3 is 2.67 bits per heavy atom. The number of halogens is 1. The van der Waals surface area contributed by atoms with Gasteiger partial charge in [-0.2, -0.15) is 0 Å². The van der Waals surface area contributed by atoms with Crippen LogP contribution in [-0.2, 0) is 30.7 Å². The van der Waals surface area contributed by atoms with E-state index in [4.69, 9.17) is 21.1 Å². The Bertz CT molecular complexity index is 868. The van der Waals surface area contributed by atoms with E-state index < -0.39 is 22.0 Å². The van der Waals surface area contributed by atoms with Gasteiger partial charge in [-0.3, -0.25) is 4.79 Å².